The molecule has 0 heterocycles. The van der Waals surface area contributed by atoms with Crippen LogP contribution in [0.4, 0.5) is 0 Å². The Morgan fingerprint density at radius 1 is 0.426 bits per heavy atom. The first-order valence-corrected chi connectivity index (χ1v) is 69.7. The maximum atomic E-state index is 14.7. The smallest absolute Gasteiger partial charge is 0.303 e. The molecule has 0 saturated heterocycles. The van der Waals surface area contributed by atoms with Crippen molar-refractivity contribution in [3.63, 3.8) is 0 Å². The first-order valence-electron chi connectivity index (χ1n) is 40.2. The quantitative estimate of drug-likeness (QED) is 0.0363. The number of carbonyl (C=O) groups is 4. The third kappa shape index (κ3) is 17.8. The van der Waals surface area contributed by atoms with Crippen LogP contribution < -0.4 is 0 Å². The van der Waals surface area contributed by atoms with Gasteiger partial charge in [0.1, 0.15) is 33.8 Å². The molecule has 2 N–H and O–H groups in total. The lowest BCUT2D eigenvalue weighted by atomic mass is 9.54. The highest BCUT2D eigenvalue weighted by atomic mass is 33.5. The largest absolute Gasteiger partial charge is 0.457 e. The fourth-order valence-corrected chi connectivity index (χ4v) is 64.0. The molecule has 14 atom stereocenters. The van der Waals surface area contributed by atoms with Crippen molar-refractivity contribution in [3.05, 3.63) is 262 Å². The predicted octanol–water partition coefficient (Wildman–Crippen LogP) is 18.5. The van der Waals surface area contributed by atoms with E-state index in [0.29, 0.717) is 24.0 Å². The van der Waals surface area contributed by atoms with Gasteiger partial charge in [-0.05, 0) is 151 Å². The molecule has 0 aromatic heterocycles. The second kappa shape index (κ2) is 39.5. The number of Topliss-reactive ketones (excluding diaryl/α,β-unsaturated/α-hetero) is 3. The van der Waals surface area contributed by atoms with Crippen LogP contribution in [-0.4, -0.2) is 91.4 Å². The molecule has 6 aromatic rings. The molecule has 8 aliphatic carbocycles. The van der Waals surface area contributed by atoms with E-state index in [9.17, 15) is 29.4 Å². The van der Waals surface area contributed by atoms with E-state index in [4.69, 9.17) is 45.4 Å². The monoisotopic (exact) mass is 2010 g/mol. The molecular formula is C91H112O11S18Si2. The zero-order chi connectivity index (χ0) is 87.7. The van der Waals surface area contributed by atoms with Crippen LogP contribution in [0.25, 0.3) is 0 Å². The predicted molar refractivity (Wildman–Crippen MR) is 550 cm³/mol. The van der Waals surface area contributed by atoms with Crippen LogP contribution in [0.2, 0.25) is 39.3 Å². The number of carbonyl (C=O) groups excluding carboxylic acids is 4. The third-order valence-electron chi connectivity index (χ3n) is 27.5. The van der Waals surface area contributed by atoms with E-state index < -0.39 is 95.8 Å². The van der Waals surface area contributed by atoms with E-state index in [-0.39, 0.29) is 79.5 Å². The summed E-state index contributed by atoms with van der Waals surface area (Å²) in [5.74, 6) is -3.29. The molecule has 31 heteroatoms. The third-order valence-corrected chi connectivity index (χ3v) is 62.8. The molecule has 6 aromatic carbocycles. The average molecular weight is 2020 g/mol. The molecule has 14 rings (SSSR count). The highest BCUT2D eigenvalue weighted by molar-refractivity contribution is 8.77. The summed E-state index contributed by atoms with van der Waals surface area (Å²) in [6.45, 7) is 37.1. The number of rotatable bonds is 18. The van der Waals surface area contributed by atoms with Crippen LogP contribution in [0.15, 0.2) is 229 Å². The molecule has 0 spiro atoms. The highest BCUT2D eigenvalue weighted by Gasteiger charge is 2.91. The summed E-state index contributed by atoms with van der Waals surface area (Å²) in [4.78, 5) is 56.7. The Morgan fingerprint density at radius 2 is 0.705 bits per heavy atom. The molecule has 658 valence electrons. The first kappa shape index (κ1) is 99.5. The molecule has 4 unspecified atom stereocenters. The number of esters is 1. The molecule has 4 saturated carbocycles. The van der Waals surface area contributed by atoms with Crippen LogP contribution in [0, 0.1) is 62.6 Å². The van der Waals surface area contributed by atoms with E-state index in [2.05, 4.69) is 180 Å². The lowest BCUT2D eigenvalue weighted by molar-refractivity contribution is -0.204. The Labute approximate surface area is 780 Å². The summed E-state index contributed by atoms with van der Waals surface area (Å²) < 4.78 is 35.7. The Hall–Kier alpha value is -3.09. The Bertz CT molecular complexity index is 5660. The number of benzene rings is 6. The van der Waals surface area contributed by atoms with Crippen molar-refractivity contribution >= 4 is 204 Å². The second-order valence-corrected chi connectivity index (χ2v) is 73.5. The van der Waals surface area contributed by atoms with Gasteiger partial charge >= 0.3 is 5.97 Å². The SMILES string of the molecule is C.CC(=O)C12[C@@H]3C=C(COC(c4ccccc4)(c4ccccc4)c4ccccc4)C[C@]4(O[Si](C)(C)C)C(=O)C(C)=C[C@H]4[C@@]3(O)[C@H](C)CC1(C)C2(C)C.CC(=O)OC12[C@@H]3C=C(COC(c4ccccc4)(c4ccccc4)c4ccccc4)C[C@]4(O[Si](C)(C)C)C(=O)C(C)=C[C@H]4[C@@]3(O)[C@H](C)CC1(C)C2(C)C.S=S=S=S=S=S=S=S=S=S=S=S=S=S=S=S=S=S. The number of ether oxygens (including phenoxy) is 3. The van der Waals surface area contributed by atoms with Crippen LogP contribution in [0.1, 0.15) is 150 Å². The van der Waals surface area contributed by atoms with Crippen molar-refractivity contribution in [3.8, 4) is 0 Å². The zero-order valence-electron chi connectivity index (χ0n) is 71.3. The van der Waals surface area contributed by atoms with Gasteiger partial charge in [-0.1, -0.05) is 269 Å². The molecule has 122 heavy (non-hydrogen) atoms. The van der Waals surface area contributed by atoms with Crippen molar-refractivity contribution in [1.29, 1.82) is 0 Å². The number of hydrogen-bond acceptors (Lipinski definition) is 13. The molecule has 4 fully saturated rings. The number of ketones is 3. The minimum atomic E-state index is -2.41. The van der Waals surface area contributed by atoms with Crippen molar-refractivity contribution in [2.24, 2.45) is 62.6 Å². The lowest BCUT2D eigenvalue weighted by Gasteiger charge is -2.54. The number of aliphatic hydroxyl groups is 2. The van der Waals surface area contributed by atoms with Gasteiger partial charge in [-0.25, -0.2) is 0 Å². The Balaban J connectivity index is 0.000000197. The first-order chi connectivity index (χ1) is 57.3. The summed E-state index contributed by atoms with van der Waals surface area (Å²) in [6.07, 6.45) is 10.1. The van der Waals surface area contributed by atoms with Gasteiger partial charge in [-0.2, -0.15) is 0 Å². The molecule has 0 aliphatic heterocycles. The molecule has 0 amide bonds. The summed E-state index contributed by atoms with van der Waals surface area (Å²) in [5, 5.41) is 27.1. The van der Waals surface area contributed by atoms with Crippen LogP contribution >= 0.6 is 0 Å². The number of fused-ring (bicyclic) bond motifs is 10. The van der Waals surface area contributed by atoms with Crippen LogP contribution in [0.3, 0.4) is 0 Å². The van der Waals surface area contributed by atoms with Gasteiger partial charge in [0.25, 0.3) is 0 Å². The average Bonchev–Trinajstić information content (AvgIpc) is 1.46. The van der Waals surface area contributed by atoms with Crippen molar-refractivity contribution < 1.29 is 52.5 Å². The second-order valence-electron chi connectivity index (χ2n) is 36.3. The fourth-order valence-electron chi connectivity index (χ4n) is 22.8. The molecule has 11 nitrogen and oxygen atoms in total. The minimum absolute atomic E-state index is 0. The summed E-state index contributed by atoms with van der Waals surface area (Å²) in [5.41, 5.74) is -2.04. The van der Waals surface area contributed by atoms with Gasteiger partial charge < -0.3 is 33.3 Å². The summed E-state index contributed by atoms with van der Waals surface area (Å²) in [7, 11) is 22.4. The van der Waals surface area contributed by atoms with E-state index in [0.717, 1.165) is 44.5 Å². The van der Waals surface area contributed by atoms with Crippen molar-refractivity contribution in [2.45, 2.75) is 195 Å². The van der Waals surface area contributed by atoms with Gasteiger partial charge in [0.05, 0.1) is 24.4 Å². The molecular weight excluding hydrogens is 1900 g/mol. The Morgan fingerprint density at radius 3 is 0.984 bits per heavy atom. The topological polar surface area (TPSA) is 155 Å². The lowest BCUT2D eigenvalue weighted by Crippen LogP contribution is -2.65. The van der Waals surface area contributed by atoms with E-state index >= 15 is 0 Å². The van der Waals surface area contributed by atoms with Crippen LogP contribution in [-0.2, 0) is 218 Å². The van der Waals surface area contributed by atoms with Gasteiger partial charge in [0, 0.05) is 224 Å². The molecule has 0 radical (unpaired) electrons. The maximum Gasteiger partial charge on any atom is 0.303 e. The van der Waals surface area contributed by atoms with Crippen molar-refractivity contribution in [2.75, 3.05) is 13.2 Å². The number of hydrogen-bond donors (Lipinski definition) is 2. The van der Waals surface area contributed by atoms with Gasteiger partial charge in [0.15, 0.2) is 28.2 Å². The van der Waals surface area contributed by atoms with Crippen LogP contribution in [0.5, 0.6) is 0 Å². The standard InChI is InChI=1S/C45H54O6Si.C45H54O5Si.CH4.S18/c1-30-25-37-42(39(30)47,51-52(7,8)9)28-33(26-38-43(37,48)31(2)27-41(6)40(4,5)45(38,41)50-32(3)46)29-49-44(34-19-13-10-14-20-34,35-21-15-11-16-22-35)36-23-17-12-18-24-36;1-30-25-37-42(39(30)47,50-51(7,8)9)28-33(26-38-43(37,48)31(2)27-41(6)40(4,5)45(38,41)32(3)46)29-49-44(34-19-13-10-14-20-34,35-21-15-11-16-22-35)36-23-17-12-18-24-36;;1-3-5-7-9-11-13-15-17-18-16-14-12-10-8-6-4-2/h10-26,31,37-38,48H,27-29H2,1-9H3;10-26,31,37-38,48H,27-29H2,1-9H3;1H4;/t2*31-,37-,38-,41?,42-,43+,45?;;/m11../s1. The van der Waals surface area contributed by atoms with E-state index in [1.165, 1.54) is 24.7 Å². The summed E-state index contributed by atoms with van der Waals surface area (Å²) in [6, 6.07) is 61.6. The minimum Gasteiger partial charge on any atom is -0.457 e. The van der Waals surface area contributed by atoms with E-state index in [1.54, 1.807) is 131 Å². The molecule has 0 bridgehead atoms. The van der Waals surface area contributed by atoms with Gasteiger partial charge in [-0.3, -0.25) is 19.2 Å². The zero-order valence-corrected chi connectivity index (χ0v) is 88.0. The van der Waals surface area contributed by atoms with Gasteiger partial charge in [-0.15, -0.1) is 0 Å². The maximum absolute atomic E-state index is 14.7. The summed E-state index contributed by atoms with van der Waals surface area (Å²) >= 11 is 9.49. The fraction of sp³-hybridized carbons (Fsp3) is 0.473. The molecule has 8 aliphatic rings. The van der Waals surface area contributed by atoms with Gasteiger partial charge in [0.2, 0.25) is 0 Å². The normalized spacial score (nSPS) is 29.6. The Kier molecular flexibility index (Phi) is 32.2. The van der Waals surface area contributed by atoms with E-state index in [1.807, 2.05) is 135 Å². The highest BCUT2D eigenvalue weighted by Crippen LogP contribution is 2.88. The van der Waals surface area contributed by atoms with Crippen molar-refractivity contribution in [1.82, 2.24) is 0 Å².